The smallest absolute Gasteiger partial charge is 0.0595 e. The highest BCUT2D eigenvalue weighted by molar-refractivity contribution is 6.42. The molecule has 0 aliphatic carbocycles. The van der Waals surface area contributed by atoms with Crippen LogP contribution >= 0.6 is 23.2 Å². The number of ether oxygens (including phenoxy) is 1. The second-order valence-corrected chi connectivity index (χ2v) is 6.09. The molecule has 0 unspecified atom stereocenters. The van der Waals surface area contributed by atoms with Crippen LogP contribution in [0, 0.1) is 5.41 Å². The van der Waals surface area contributed by atoms with Gasteiger partial charge in [0.25, 0.3) is 0 Å². The van der Waals surface area contributed by atoms with E-state index in [2.05, 4.69) is 12.2 Å². The highest BCUT2D eigenvalue weighted by Crippen LogP contribution is 2.29. The number of nitrogens with one attached hydrogen (secondary N) is 1. The zero-order valence-electron chi connectivity index (χ0n) is 10.6. The summed E-state index contributed by atoms with van der Waals surface area (Å²) in [6.45, 7) is 5.91. The fourth-order valence-corrected chi connectivity index (χ4v) is 2.52. The van der Waals surface area contributed by atoms with Crippen LogP contribution in [0.1, 0.15) is 25.3 Å². The van der Waals surface area contributed by atoms with E-state index in [0.717, 1.165) is 39.1 Å². The Balaban J connectivity index is 1.82. The molecule has 1 heterocycles. The standard InChI is InChI=1S/C14H19Cl2NO/c1-14(4-6-18-7-5-14)10-17-9-11-2-3-12(15)13(16)8-11/h2-3,8,17H,4-7,9-10H2,1H3. The van der Waals surface area contributed by atoms with E-state index in [1.54, 1.807) is 0 Å². The highest BCUT2D eigenvalue weighted by atomic mass is 35.5. The Bertz CT molecular complexity index is 403. The molecule has 1 aliphatic heterocycles. The Morgan fingerprint density at radius 3 is 2.61 bits per heavy atom. The topological polar surface area (TPSA) is 21.3 Å². The van der Waals surface area contributed by atoms with Crippen LogP contribution in [0.5, 0.6) is 0 Å². The fourth-order valence-electron chi connectivity index (χ4n) is 2.20. The molecule has 0 saturated carbocycles. The Morgan fingerprint density at radius 1 is 1.22 bits per heavy atom. The van der Waals surface area contributed by atoms with Crippen molar-refractivity contribution in [2.24, 2.45) is 5.41 Å². The summed E-state index contributed by atoms with van der Waals surface area (Å²) in [6, 6.07) is 5.77. The summed E-state index contributed by atoms with van der Waals surface area (Å²) in [5, 5.41) is 4.73. The third-order valence-corrected chi connectivity index (χ3v) is 4.30. The molecule has 1 aromatic rings. The van der Waals surface area contributed by atoms with Gasteiger partial charge in [0.05, 0.1) is 10.0 Å². The Labute approximate surface area is 119 Å². The Kier molecular flexibility index (Phi) is 4.91. The van der Waals surface area contributed by atoms with Crippen molar-refractivity contribution < 1.29 is 4.74 Å². The maximum absolute atomic E-state index is 5.99. The first-order chi connectivity index (χ1) is 8.59. The lowest BCUT2D eigenvalue weighted by atomic mass is 9.82. The summed E-state index contributed by atoms with van der Waals surface area (Å²) in [5.41, 5.74) is 1.52. The predicted octanol–water partition coefficient (Wildman–Crippen LogP) is 3.90. The van der Waals surface area contributed by atoms with Gasteiger partial charge in [-0.15, -0.1) is 0 Å². The number of hydrogen-bond acceptors (Lipinski definition) is 2. The minimum atomic E-state index is 0.356. The van der Waals surface area contributed by atoms with Crippen molar-refractivity contribution in [1.82, 2.24) is 5.32 Å². The Morgan fingerprint density at radius 2 is 1.94 bits per heavy atom. The second kappa shape index (κ2) is 6.25. The van der Waals surface area contributed by atoms with Crippen LogP contribution in [0.4, 0.5) is 0 Å². The van der Waals surface area contributed by atoms with Crippen molar-refractivity contribution in [3.63, 3.8) is 0 Å². The van der Waals surface area contributed by atoms with Crippen LogP contribution in [0.15, 0.2) is 18.2 Å². The molecule has 0 amide bonds. The minimum Gasteiger partial charge on any atom is -0.381 e. The maximum atomic E-state index is 5.99. The van der Waals surface area contributed by atoms with E-state index in [4.69, 9.17) is 27.9 Å². The summed E-state index contributed by atoms with van der Waals surface area (Å²) >= 11 is 11.9. The maximum Gasteiger partial charge on any atom is 0.0595 e. The quantitative estimate of drug-likeness (QED) is 0.907. The van der Waals surface area contributed by atoms with Crippen molar-refractivity contribution >= 4 is 23.2 Å². The number of halogens is 2. The van der Waals surface area contributed by atoms with Gasteiger partial charge in [-0.2, -0.15) is 0 Å². The molecule has 1 N–H and O–H groups in total. The van der Waals surface area contributed by atoms with Crippen LogP contribution in [0.2, 0.25) is 10.0 Å². The van der Waals surface area contributed by atoms with Crippen LogP contribution in [-0.2, 0) is 11.3 Å². The molecule has 0 spiro atoms. The van der Waals surface area contributed by atoms with Crippen molar-refractivity contribution in [2.45, 2.75) is 26.3 Å². The fraction of sp³-hybridized carbons (Fsp3) is 0.571. The number of rotatable bonds is 4. The van der Waals surface area contributed by atoms with Gasteiger partial charge in [0, 0.05) is 26.3 Å². The first-order valence-electron chi connectivity index (χ1n) is 6.31. The SMILES string of the molecule is CC1(CNCc2ccc(Cl)c(Cl)c2)CCOCC1. The third-order valence-electron chi connectivity index (χ3n) is 3.56. The van der Waals surface area contributed by atoms with Gasteiger partial charge >= 0.3 is 0 Å². The van der Waals surface area contributed by atoms with E-state index in [-0.39, 0.29) is 0 Å². The third kappa shape index (κ3) is 3.86. The zero-order valence-corrected chi connectivity index (χ0v) is 12.2. The summed E-state index contributed by atoms with van der Waals surface area (Å²) < 4.78 is 5.40. The molecule has 2 rings (SSSR count). The monoisotopic (exact) mass is 287 g/mol. The van der Waals surface area contributed by atoms with E-state index in [1.165, 1.54) is 5.56 Å². The van der Waals surface area contributed by atoms with Gasteiger partial charge in [-0.3, -0.25) is 0 Å². The van der Waals surface area contributed by atoms with Crippen molar-refractivity contribution in [1.29, 1.82) is 0 Å². The average molecular weight is 288 g/mol. The van der Waals surface area contributed by atoms with Gasteiger partial charge in [0.1, 0.15) is 0 Å². The molecule has 1 saturated heterocycles. The largest absolute Gasteiger partial charge is 0.381 e. The van der Waals surface area contributed by atoms with Crippen molar-refractivity contribution in [3.05, 3.63) is 33.8 Å². The van der Waals surface area contributed by atoms with Crippen molar-refractivity contribution in [3.8, 4) is 0 Å². The molecule has 100 valence electrons. The van der Waals surface area contributed by atoms with E-state index in [9.17, 15) is 0 Å². The van der Waals surface area contributed by atoms with Gasteiger partial charge < -0.3 is 10.1 Å². The Hall–Kier alpha value is -0.280. The summed E-state index contributed by atoms with van der Waals surface area (Å²) in [4.78, 5) is 0. The van der Waals surface area contributed by atoms with E-state index < -0.39 is 0 Å². The zero-order chi connectivity index (χ0) is 13.0. The minimum absolute atomic E-state index is 0.356. The first kappa shape index (κ1) is 14.1. The normalized spacial score (nSPS) is 18.8. The lowest BCUT2D eigenvalue weighted by molar-refractivity contribution is 0.0240. The van der Waals surface area contributed by atoms with E-state index in [0.29, 0.717) is 15.5 Å². The lowest BCUT2D eigenvalue weighted by Crippen LogP contribution is -2.36. The molecule has 1 fully saturated rings. The van der Waals surface area contributed by atoms with Gasteiger partial charge in [-0.25, -0.2) is 0 Å². The predicted molar refractivity (Wildman–Crippen MR) is 76.3 cm³/mol. The lowest BCUT2D eigenvalue weighted by Gasteiger charge is -2.33. The number of hydrogen-bond donors (Lipinski definition) is 1. The molecule has 0 radical (unpaired) electrons. The molecule has 1 aromatic carbocycles. The summed E-state index contributed by atoms with van der Waals surface area (Å²) in [5.74, 6) is 0. The first-order valence-corrected chi connectivity index (χ1v) is 7.07. The van der Waals surface area contributed by atoms with Gasteiger partial charge in [-0.05, 0) is 36.0 Å². The molecule has 0 bridgehead atoms. The van der Waals surface area contributed by atoms with E-state index >= 15 is 0 Å². The molecule has 18 heavy (non-hydrogen) atoms. The second-order valence-electron chi connectivity index (χ2n) is 5.28. The van der Waals surface area contributed by atoms with Crippen LogP contribution in [0.25, 0.3) is 0 Å². The van der Waals surface area contributed by atoms with E-state index in [1.807, 2.05) is 18.2 Å². The van der Waals surface area contributed by atoms with Gasteiger partial charge in [-0.1, -0.05) is 36.2 Å². The van der Waals surface area contributed by atoms with Crippen LogP contribution in [-0.4, -0.2) is 19.8 Å². The molecule has 4 heteroatoms. The summed E-state index contributed by atoms with van der Waals surface area (Å²) in [6.07, 6.45) is 2.25. The average Bonchev–Trinajstić information content (AvgIpc) is 2.34. The molecule has 1 aliphatic rings. The van der Waals surface area contributed by atoms with Gasteiger partial charge in [0.15, 0.2) is 0 Å². The van der Waals surface area contributed by atoms with Gasteiger partial charge in [0.2, 0.25) is 0 Å². The summed E-state index contributed by atoms with van der Waals surface area (Å²) in [7, 11) is 0. The van der Waals surface area contributed by atoms with Crippen LogP contribution < -0.4 is 5.32 Å². The molecular weight excluding hydrogens is 269 g/mol. The van der Waals surface area contributed by atoms with Crippen LogP contribution in [0.3, 0.4) is 0 Å². The number of benzene rings is 1. The molecule has 0 atom stereocenters. The molecular formula is C14H19Cl2NO. The highest BCUT2D eigenvalue weighted by Gasteiger charge is 2.26. The van der Waals surface area contributed by atoms with Crippen molar-refractivity contribution in [2.75, 3.05) is 19.8 Å². The molecule has 0 aromatic heterocycles. The molecule has 2 nitrogen and oxygen atoms in total.